The van der Waals surface area contributed by atoms with E-state index >= 15 is 0 Å². The molecule has 2 N–H and O–H groups in total. The quantitative estimate of drug-likeness (QED) is 0.846. The minimum atomic E-state index is -0.224. The van der Waals surface area contributed by atoms with Crippen LogP contribution in [0, 0.1) is 5.92 Å². The third-order valence-electron chi connectivity index (χ3n) is 4.33. The zero-order valence-corrected chi connectivity index (χ0v) is 14.1. The highest BCUT2D eigenvalue weighted by molar-refractivity contribution is 5.89. The molecule has 0 aromatic heterocycles. The number of benzene rings is 1. The molecule has 2 amide bonds. The van der Waals surface area contributed by atoms with Crippen LogP contribution in [0.15, 0.2) is 24.3 Å². The summed E-state index contributed by atoms with van der Waals surface area (Å²) in [5.41, 5.74) is 1.81. The van der Waals surface area contributed by atoms with Gasteiger partial charge in [-0.15, -0.1) is 0 Å². The Labute approximate surface area is 138 Å². The Balaban J connectivity index is 1.85. The zero-order valence-electron chi connectivity index (χ0n) is 14.1. The van der Waals surface area contributed by atoms with Crippen molar-refractivity contribution in [2.24, 2.45) is 5.92 Å². The average Bonchev–Trinajstić information content (AvgIpc) is 2.53. The highest BCUT2D eigenvalue weighted by atomic mass is 16.5. The number of hydrogen-bond donors (Lipinski definition) is 2. The number of carbonyl (C=O) groups excluding carboxylic acids is 1. The van der Waals surface area contributed by atoms with Gasteiger partial charge in [0.05, 0.1) is 19.3 Å². The number of nitrogens with one attached hydrogen (secondary N) is 1. The summed E-state index contributed by atoms with van der Waals surface area (Å²) < 4.78 is 6.03. The van der Waals surface area contributed by atoms with Gasteiger partial charge < -0.3 is 20.1 Å². The Hall–Kier alpha value is -1.59. The molecule has 5 heteroatoms. The number of nitrogens with zero attached hydrogens (tertiary/aromatic N) is 1. The van der Waals surface area contributed by atoms with Gasteiger partial charge in [-0.05, 0) is 36.5 Å². The van der Waals surface area contributed by atoms with Crippen molar-refractivity contribution >= 4 is 11.7 Å². The Morgan fingerprint density at radius 3 is 3.00 bits per heavy atom. The highest BCUT2D eigenvalue weighted by Gasteiger charge is 2.19. The third-order valence-corrected chi connectivity index (χ3v) is 4.33. The molecule has 128 valence electrons. The first kappa shape index (κ1) is 17.8. The summed E-state index contributed by atoms with van der Waals surface area (Å²) in [6.07, 6.45) is 5.20. The maximum absolute atomic E-state index is 11.9. The summed E-state index contributed by atoms with van der Waals surface area (Å²) >= 11 is 0. The molecule has 1 fully saturated rings. The molecule has 0 heterocycles. The van der Waals surface area contributed by atoms with Crippen LogP contribution in [0.1, 0.15) is 38.2 Å². The van der Waals surface area contributed by atoms with Crippen LogP contribution in [0.25, 0.3) is 0 Å². The molecule has 0 radical (unpaired) electrons. The molecule has 1 saturated carbocycles. The molecule has 0 bridgehead atoms. The van der Waals surface area contributed by atoms with Crippen LogP contribution in [0.4, 0.5) is 10.5 Å². The van der Waals surface area contributed by atoms with E-state index in [-0.39, 0.29) is 12.6 Å². The molecule has 0 spiro atoms. The predicted molar refractivity (Wildman–Crippen MR) is 91.4 cm³/mol. The molecule has 0 unspecified atom stereocenters. The van der Waals surface area contributed by atoms with Gasteiger partial charge in [0.1, 0.15) is 0 Å². The normalized spacial score (nSPS) is 21.0. The number of hydrogen-bond acceptors (Lipinski definition) is 3. The lowest BCUT2D eigenvalue weighted by atomic mass is 9.89. The molecule has 2 rings (SSSR count). The standard InChI is InChI=1S/C18H28N2O3/c1-14-5-3-8-17(11-14)23-13-15-6-4-7-16(12-15)19-18(22)20(2)9-10-21/h4,6-7,12,14,17,21H,3,5,8-11,13H2,1-2H3,(H,19,22)/t14-,17+/m1/s1. The predicted octanol–water partition coefficient (Wildman–Crippen LogP) is 3.24. The number of rotatable bonds is 6. The van der Waals surface area contributed by atoms with Crippen LogP contribution in [-0.4, -0.2) is 42.3 Å². The van der Waals surface area contributed by atoms with E-state index in [1.165, 1.54) is 17.7 Å². The smallest absolute Gasteiger partial charge is 0.321 e. The number of amides is 2. The molecule has 1 aromatic rings. The van der Waals surface area contributed by atoms with E-state index in [2.05, 4.69) is 12.2 Å². The number of aliphatic hydroxyl groups excluding tert-OH is 1. The fourth-order valence-electron chi connectivity index (χ4n) is 2.95. The molecule has 0 saturated heterocycles. The molecule has 1 aromatic carbocycles. The molecule has 5 nitrogen and oxygen atoms in total. The summed E-state index contributed by atoms with van der Waals surface area (Å²) in [7, 11) is 1.66. The van der Waals surface area contributed by atoms with Gasteiger partial charge in [-0.25, -0.2) is 4.79 Å². The van der Waals surface area contributed by atoms with E-state index in [1.54, 1.807) is 7.05 Å². The van der Waals surface area contributed by atoms with Gasteiger partial charge in [-0.1, -0.05) is 31.9 Å². The second-order valence-electron chi connectivity index (χ2n) is 6.48. The minimum Gasteiger partial charge on any atom is -0.395 e. The van der Waals surface area contributed by atoms with Crippen molar-refractivity contribution in [3.05, 3.63) is 29.8 Å². The van der Waals surface area contributed by atoms with Gasteiger partial charge in [-0.3, -0.25) is 0 Å². The second kappa shape index (κ2) is 8.89. The summed E-state index contributed by atoms with van der Waals surface area (Å²) in [5.74, 6) is 0.751. The Kier molecular flexibility index (Phi) is 6.86. The van der Waals surface area contributed by atoms with Gasteiger partial charge >= 0.3 is 6.03 Å². The van der Waals surface area contributed by atoms with Crippen LogP contribution < -0.4 is 5.32 Å². The largest absolute Gasteiger partial charge is 0.395 e. The monoisotopic (exact) mass is 320 g/mol. The van der Waals surface area contributed by atoms with Gasteiger partial charge in [-0.2, -0.15) is 0 Å². The maximum Gasteiger partial charge on any atom is 0.321 e. The fraction of sp³-hybridized carbons (Fsp3) is 0.611. The Bertz CT molecular complexity index is 507. The maximum atomic E-state index is 11.9. The Morgan fingerprint density at radius 2 is 2.26 bits per heavy atom. The molecular formula is C18H28N2O3. The first-order valence-corrected chi connectivity index (χ1v) is 8.42. The van der Waals surface area contributed by atoms with Crippen molar-refractivity contribution in [1.29, 1.82) is 0 Å². The lowest BCUT2D eigenvalue weighted by Gasteiger charge is -2.26. The summed E-state index contributed by atoms with van der Waals surface area (Å²) in [4.78, 5) is 13.4. The van der Waals surface area contributed by atoms with Gasteiger partial charge in [0.15, 0.2) is 0 Å². The summed E-state index contributed by atoms with van der Waals surface area (Å²) in [6, 6.07) is 7.51. The fourth-order valence-corrected chi connectivity index (χ4v) is 2.95. The van der Waals surface area contributed by atoms with Crippen LogP contribution in [0.3, 0.4) is 0 Å². The van der Waals surface area contributed by atoms with Crippen molar-refractivity contribution in [3.8, 4) is 0 Å². The van der Waals surface area contributed by atoms with E-state index in [0.29, 0.717) is 19.3 Å². The lowest BCUT2D eigenvalue weighted by Crippen LogP contribution is -2.33. The number of ether oxygens (including phenoxy) is 1. The third kappa shape index (κ3) is 5.84. The van der Waals surface area contributed by atoms with Crippen molar-refractivity contribution in [3.63, 3.8) is 0 Å². The van der Waals surface area contributed by atoms with Gasteiger partial charge in [0.25, 0.3) is 0 Å². The average molecular weight is 320 g/mol. The van der Waals surface area contributed by atoms with Gasteiger partial charge in [0.2, 0.25) is 0 Å². The lowest BCUT2D eigenvalue weighted by molar-refractivity contribution is 0.00468. The molecule has 23 heavy (non-hydrogen) atoms. The van der Waals surface area contributed by atoms with E-state index in [4.69, 9.17) is 9.84 Å². The first-order chi connectivity index (χ1) is 11.1. The molecule has 1 aliphatic rings. The van der Waals surface area contributed by atoms with Crippen molar-refractivity contribution in [2.75, 3.05) is 25.5 Å². The van der Waals surface area contributed by atoms with Crippen LogP contribution >= 0.6 is 0 Å². The van der Waals surface area contributed by atoms with Crippen molar-refractivity contribution in [1.82, 2.24) is 4.90 Å². The van der Waals surface area contributed by atoms with E-state index in [9.17, 15) is 4.79 Å². The van der Waals surface area contributed by atoms with E-state index in [0.717, 1.165) is 30.0 Å². The van der Waals surface area contributed by atoms with E-state index in [1.807, 2.05) is 24.3 Å². The number of aliphatic hydroxyl groups is 1. The second-order valence-corrected chi connectivity index (χ2v) is 6.48. The highest BCUT2D eigenvalue weighted by Crippen LogP contribution is 2.26. The summed E-state index contributed by atoms with van der Waals surface area (Å²) in [5, 5.41) is 11.7. The summed E-state index contributed by atoms with van der Waals surface area (Å²) in [6.45, 7) is 3.13. The van der Waals surface area contributed by atoms with Crippen molar-refractivity contribution in [2.45, 2.75) is 45.3 Å². The molecular weight excluding hydrogens is 292 g/mol. The van der Waals surface area contributed by atoms with Gasteiger partial charge in [0, 0.05) is 19.3 Å². The number of urea groups is 1. The first-order valence-electron chi connectivity index (χ1n) is 8.42. The molecule has 1 aliphatic carbocycles. The Morgan fingerprint density at radius 1 is 1.43 bits per heavy atom. The number of anilines is 1. The van der Waals surface area contributed by atoms with Crippen molar-refractivity contribution < 1.29 is 14.6 Å². The van der Waals surface area contributed by atoms with E-state index < -0.39 is 0 Å². The zero-order chi connectivity index (χ0) is 16.7. The SMILES string of the molecule is C[C@@H]1CCC[C@H](OCc2cccc(NC(=O)N(C)CCO)c2)C1. The number of carbonyl (C=O) groups is 1. The number of likely N-dealkylation sites (N-methyl/N-ethyl adjacent to an activating group) is 1. The van der Waals surface area contributed by atoms with Crippen LogP contribution in [0.5, 0.6) is 0 Å². The van der Waals surface area contributed by atoms with Crippen LogP contribution in [0.2, 0.25) is 0 Å². The molecule has 0 aliphatic heterocycles. The molecule has 2 atom stereocenters. The van der Waals surface area contributed by atoms with Crippen LogP contribution in [-0.2, 0) is 11.3 Å². The minimum absolute atomic E-state index is 0.0440. The topological polar surface area (TPSA) is 61.8 Å².